The largest absolute Gasteiger partial charge is 0.411 e. The van der Waals surface area contributed by atoms with Crippen molar-refractivity contribution in [3.63, 3.8) is 0 Å². The Hall–Kier alpha value is -1.80. The zero-order valence-electron chi connectivity index (χ0n) is 12.5. The highest BCUT2D eigenvalue weighted by molar-refractivity contribution is 6.31. The quantitative estimate of drug-likeness (QED) is 0.827. The first-order valence-electron chi connectivity index (χ1n) is 6.63. The third-order valence-corrected chi connectivity index (χ3v) is 2.65. The van der Waals surface area contributed by atoms with E-state index in [4.69, 9.17) is 11.6 Å². The van der Waals surface area contributed by atoms with E-state index in [9.17, 15) is 22.8 Å². The predicted molar refractivity (Wildman–Crippen MR) is 79.6 cm³/mol. The fourth-order valence-electron chi connectivity index (χ4n) is 1.60. The van der Waals surface area contributed by atoms with Gasteiger partial charge in [0.05, 0.1) is 11.3 Å². The van der Waals surface area contributed by atoms with E-state index < -0.39 is 31.2 Å². The second-order valence-corrected chi connectivity index (χ2v) is 5.41. The van der Waals surface area contributed by atoms with Crippen molar-refractivity contribution in [2.24, 2.45) is 0 Å². The molecule has 1 rings (SSSR count). The first-order valence-corrected chi connectivity index (χ1v) is 7.01. The van der Waals surface area contributed by atoms with Crippen LogP contribution >= 0.6 is 11.6 Å². The molecule has 0 aliphatic carbocycles. The van der Waals surface area contributed by atoms with Crippen LogP contribution in [0.5, 0.6) is 0 Å². The van der Waals surface area contributed by atoms with Gasteiger partial charge >= 0.3 is 6.18 Å². The summed E-state index contributed by atoms with van der Waals surface area (Å²) in [5.41, 5.74) is 0.239. The monoisotopic (exact) mass is 352 g/mol. The molecule has 2 amide bonds. The highest BCUT2D eigenvalue weighted by Crippen LogP contribution is 2.21. The van der Waals surface area contributed by atoms with E-state index in [0.717, 1.165) is 0 Å². The molecular weight excluding hydrogens is 337 g/mol. The number of halogens is 4. The molecule has 5 nitrogen and oxygen atoms in total. The third kappa shape index (κ3) is 7.34. The lowest BCUT2D eigenvalue weighted by atomic mass is 10.1. The molecule has 0 saturated heterocycles. The van der Waals surface area contributed by atoms with E-state index in [1.165, 1.54) is 18.2 Å². The minimum absolute atomic E-state index is 0.0938. The van der Waals surface area contributed by atoms with Gasteiger partial charge in [-0.1, -0.05) is 11.6 Å². The van der Waals surface area contributed by atoms with E-state index in [1.54, 1.807) is 13.8 Å². The van der Waals surface area contributed by atoms with Crippen molar-refractivity contribution in [1.82, 2.24) is 5.32 Å². The van der Waals surface area contributed by atoms with Gasteiger partial charge in [-0.2, -0.15) is 13.2 Å². The normalized spacial score (nSPS) is 11.4. The number of carbonyl (C=O) groups excluding carboxylic acids is 2. The second-order valence-electron chi connectivity index (χ2n) is 4.97. The lowest BCUT2D eigenvalue weighted by Crippen LogP contribution is -2.31. The summed E-state index contributed by atoms with van der Waals surface area (Å²) in [6, 6.07) is 4.08. The van der Waals surface area contributed by atoms with Gasteiger partial charge in [-0.05, 0) is 32.0 Å². The summed E-state index contributed by atoms with van der Waals surface area (Å²) in [7, 11) is 0. The van der Waals surface area contributed by atoms with E-state index in [0.29, 0.717) is 0 Å². The topological polar surface area (TPSA) is 67.4 Å². The Bertz CT molecular complexity index is 577. The van der Waals surface area contributed by atoms with Crippen molar-refractivity contribution in [2.75, 3.05) is 18.5 Å². The van der Waals surface area contributed by atoms with Crippen LogP contribution < -0.4 is 10.6 Å². The molecule has 0 saturated carbocycles. The summed E-state index contributed by atoms with van der Waals surface area (Å²) >= 11 is 5.81. The maximum absolute atomic E-state index is 12.0. The van der Waals surface area contributed by atoms with E-state index >= 15 is 0 Å². The van der Waals surface area contributed by atoms with Gasteiger partial charge in [0.15, 0.2) is 0 Å². The number of amides is 2. The number of anilines is 1. The predicted octanol–water partition coefficient (Wildman–Crippen LogP) is 3.00. The first kappa shape index (κ1) is 19.2. The number of nitrogens with one attached hydrogen (secondary N) is 2. The van der Waals surface area contributed by atoms with Gasteiger partial charge in [-0.25, -0.2) is 0 Å². The van der Waals surface area contributed by atoms with Crippen LogP contribution in [-0.4, -0.2) is 37.2 Å². The molecule has 0 unspecified atom stereocenters. The van der Waals surface area contributed by atoms with Crippen molar-refractivity contribution >= 4 is 29.1 Å². The molecule has 0 aromatic heterocycles. The summed E-state index contributed by atoms with van der Waals surface area (Å²) in [5, 5.41) is 5.22. The highest BCUT2D eigenvalue weighted by atomic mass is 35.5. The molecular formula is C14H16ClF3N2O3. The average Bonchev–Trinajstić information content (AvgIpc) is 2.36. The number of carbonyl (C=O) groups is 2. The molecule has 1 aromatic rings. The van der Waals surface area contributed by atoms with Crippen LogP contribution in [0.15, 0.2) is 18.2 Å². The molecule has 2 N–H and O–H groups in total. The lowest BCUT2D eigenvalue weighted by molar-refractivity contribution is -0.174. The van der Waals surface area contributed by atoms with Crippen molar-refractivity contribution in [3.8, 4) is 0 Å². The summed E-state index contributed by atoms with van der Waals surface area (Å²) in [6.45, 7) is 1.20. The Labute approximate surface area is 136 Å². The number of ether oxygens (including phenoxy) is 1. The molecule has 0 atom stereocenters. The molecule has 23 heavy (non-hydrogen) atoms. The van der Waals surface area contributed by atoms with Crippen LogP contribution in [0.3, 0.4) is 0 Å². The zero-order chi connectivity index (χ0) is 17.6. The fraction of sp³-hybridized carbons (Fsp3) is 0.429. The molecule has 0 bridgehead atoms. The Morgan fingerprint density at radius 1 is 1.30 bits per heavy atom. The summed E-state index contributed by atoms with van der Waals surface area (Å²) in [4.78, 5) is 23.7. The van der Waals surface area contributed by atoms with Gasteiger partial charge < -0.3 is 15.4 Å². The van der Waals surface area contributed by atoms with E-state index in [1.807, 2.05) is 0 Å². The molecule has 1 aromatic carbocycles. The summed E-state index contributed by atoms with van der Waals surface area (Å²) < 4.78 is 40.1. The summed E-state index contributed by atoms with van der Waals surface area (Å²) in [6.07, 6.45) is -4.52. The van der Waals surface area contributed by atoms with Crippen LogP contribution in [0.25, 0.3) is 0 Å². The molecule has 0 aliphatic heterocycles. The standard InChI is InChI=1S/C14H16ClF3N2O3/c1-8(2)19-13(22)10-4-3-9(15)5-11(10)20-12(21)6-23-7-14(16,17)18/h3-5,8H,6-7H2,1-2H3,(H,19,22)(H,20,21). The molecule has 9 heteroatoms. The van der Waals surface area contributed by atoms with Crippen molar-refractivity contribution in [1.29, 1.82) is 0 Å². The molecule has 0 radical (unpaired) electrons. The van der Waals surface area contributed by atoms with Gasteiger partial charge in [0.25, 0.3) is 5.91 Å². The maximum Gasteiger partial charge on any atom is 0.411 e. The van der Waals surface area contributed by atoms with Gasteiger partial charge in [-0.3, -0.25) is 9.59 Å². The average molecular weight is 353 g/mol. The number of benzene rings is 1. The second kappa shape index (κ2) is 8.16. The molecule has 0 spiro atoms. The molecule has 0 heterocycles. The van der Waals surface area contributed by atoms with E-state index in [2.05, 4.69) is 15.4 Å². The van der Waals surface area contributed by atoms with Crippen molar-refractivity contribution < 1.29 is 27.5 Å². The molecule has 128 valence electrons. The fourth-order valence-corrected chi connectivity index (χ4v) is 1.78. The van der Waals surface area contributed by atoms with Crippen LogP contribution in [0.4, 0.5) is 18.9 Å². The van der Waals surface area contributed by atoms with Gasteiger partial charge in [0, 0.05) is 11.1 Å². The van der Waals surface area contributed by atoms with Crippen LogP contribution in [-0.2, 0) is 9.53 Å². The number of hydrogen-bond donors (Lipinski definition) is 2. The van der Waals surface area contributed by atoms with Crippen LogP contribution in [0.2, 0.25) is 5.02 Å². The Kier molecular flexibility index (Phi) is 6.83. The summed E-state index contributed by atoms with van der Waals surface area (Å²) in [5.74, 6) is -1.27. The lowest BCUT2D eigenvalue weighted by Gasteiger charge is -2.14. The Morgan fingerprint density at radius 2 is 1.96 bits per heavy atom. The van der Waals surface area contributed by atoms with Crippen molar-refractivity contribution in [3.05, 3.63) is 28.8 Å². The molecule has 0 aliphatic rings. The first-order chi connectivity index (χ1) is 10.6. The minimum atomic E-state index is -4.52. The third-order valence-electron chi connectivity index (χ3n) is 2.42. The Morgan fingerprint density at radius 3 is 2.52 bits per heavy atom. The minimum Gasteiger partial charge on any atom is -0.362 e. The number of hydrogen-bond acceptors (Lipinski definition) is 3. The van der Waals surface area contributed by atoms with Crippen LogP contribution in [0.1, 0.15) is 24.2 Å². The smallest absolute Gasteiger partial charge is 0.362 e. The number of alkyl halides is 3. The van der Waals surface area contributed by atoms with E-state index in [-0.39, 0.29) is 22.3 Å². The number of rotatable bonds is 6. The SMILES string of the molecule is CC(C)NC(=O)c1ccc(Cl)cc1NC(=O)COCC(F)(F)F. The Balaban J connectivity index is 2.76. The maximum atomic E-state index is 12.0. The molecule has 0 fully saturated rings. The zero-order valence-corrected chi connectivity index (χ0v) is 13.2. The van der Waals surface area contributed by atoms with Crippen molar-refractivity contribution in [2.45, 2.75) is 26.1 Å². The van der Waals surface area contributed by atoms with Gasteiger partial charge in [0.1, 0.15) is 13.2 Å². The van der Waals surface area contributed by atoms with Crippen LogP contribution in [0, 0.1) is 0 Å². The van der Waals surface area contributed by atoms with Gasteiger partial charge in [-0.15, -0.1) is 0 Å². The highest BCUT2D eigenvalue weighted by Gasteiger charge is 2.27. The van der Waals surface area contributed by atoms with Gasteiger partial charge in [0.2, 0.25) is 5.91 Å².